The van der Waals surface area contributed by atoms with E-state index in [1.54, 1.807) is 7.11 Å². The highest BCUT2D eigenvalue weighted by molar-refractivity contribution is 5.28. The standard InChI is InChI=1S/C24H31NO2/c1-26-24-6-4-5-20(15-24)17-27-18-21-13-23(14-21)22-9-7-19(8-10-22)16-25-11-2-3-12-25/h4-10,15,21,23H,2-3,11-14,16-18H2,1H3. The maximum Gasteiger partial charge on any atom is 0.119 e. The van der Waals surface area contributed by atoms with Crippen LogP contribution in [0.25, 0.3) is 0 Å². The monoisotopic (exact) mass is 365 g/mol. The molecule has 2 aromatic rings. The molecular formula is C24H31NO2. The Balaban J connectivity index is 1.18. The molecule has 2 fully saturated rings. The summed E-state index contributed by atoms with van der Waals surface area (Å²) < 4.78 is 11.2. The number of likely N-dealkylation sites (tertiary alicyclic amines) is 1. The molecule has 2 aliphatic rings. The predicted molar refractivity (Wildman–Crippen MR) is 109 cm³/mol. The smallest absolute Gasteiger partial charge is 0.119 e. The van der Waals surface area contributed by atoms with Gasteiger partial charge in [0.15, 0.2) is 0 Å². The van der Waals surface area contributed by atoms with E-state index < -0.39 is 0 Å². The minimum atomic E-state index is 0.670. The lowest BCUT2D eigenvalue weighted by atomic mass is 9.72. The van der Waals surface area contributed by atoms with Crippen molar-refractivity contribution in [2.75, 3.05) is 26.8 Å². The van der Waals surface area contributed by atoms with Crippen molar-refractivity contribution in [2.45, 2.75) is 44.8 Å². The lowest BCUT2D eigenvalue weighted by Gasteiger charge is -2.35. The zero-order valence-electron chi connectivity index (χ0n) is 16.4. The van der Waals surface area contributed by atoms with Crippen molar-refractivity contribution in [3.05, 3.63) is 65.2 Å². The van der Waals surface area contributed by atoms with Crippen molar-refractivity contribution >= 4 is 0 Å². The SMILES string of the molecule is COc1cccc(COCC2CC(c3ccc(CN4CCCC4)cc3)C2)c1. The van der Waals surface area contributed by atoms with E-state index in [1.807, 2.05) is 18.2 Å². The van der Waals surface area contributed by atoms with Crippen LogP contribution < -0.4 is 4.74 Å². The van der Waals surface area contributed by atoms with Crippen molar-refractivity contribution in [3.63, 3.8) is 0 Å². The Morgan fingerprint density at radius 3 is 2.48 bits per heavy atom. The molecule has 1 saturated heterocycles. The van der Waals surface area contributed by atoms with Crippen molar-refractivity contribution in [1.82, 2.24) is 4.90 Å². The summed E-state index contributed by atoms with van der Waals surface area (Å²) in [5.74, 6) is 2.31. The summed E-state index contributed by atoms with van der Waals surface area (Å²) in [5.41, 5.74) is 4.14. The van der Waals surface area contributed by atoms with Gasteiger partial charge in [-0.05, 0) is 79.4 Å². The van der Waals surface area contributed by atoms with Gasteiger partial charge in [-0.3, -0.25) is 4.90 Å². The first kappa shape index (κ1) is 18.5. The van der Waals surface area contributed by atoms with Crippen LogP contribution >= 0.6 is 0 Å². The van der Waals surface area contributed by atoms with Crippen LogP contribution in [0.2, 0.25) is 0 Å². The third-order valence-corrected chi connectivity index (χ3v) is 6.05. The quantitative estimate of drug-likeness (QED) is 0.657. The van der Waals surface area contributed by atoms with Gasteiger partial charge in [0.05, 0.1) is 13.7 Å². The number of benzene rings is 2. The third-order valence-electron chi connectivity index (χ3n) is 6.05. The predicted octanol–water partition coefficient (Wildman–Crippen LogP) is 5.00. The van der Waals surface area contributed by atoms with E-state index >= 15 is 0 Å². The number of rotatable bonds is 8. The second-order valence-electron chi connectivity index (χ2n) is 8.13. The van der Waals surface area contributed by atoms with E-state index in [1.165, 1.54) is 55.5 Å². The molecule has 0 N–H and O–H groups in total. The molecule has 0 unspecified atom stereocenters. The molecule has 0 amide bonds. The number of hydrogen-bond donors (Lipinski definition) is 0. The van der Waals surface area contributed by atoms with Gasteiger partial charge in [-0.1, -0.05) is 36.4 Å². The first-order chi connectivity index (χ1) is 13.3. The summed E-state index contributed by atoms with van der Waals surface area (Å²) in [5, 5.41) is 0. The van der Waals surface area contributed by atoms with E-state index in [0.29, 0.717) is 12.5 Å². The summed E-state index contributed by atoms with van der Waals surface area (Å²) in [6, 6.07) is 17.5. The summed E-state index contributed by atoms with van der Waals surface area (Å²) in [6.07, 6.45) is 5.23. The molecule has 1 heterocycles. The topological polar surface area (TPSA) is 21.7 Å². The van der Waals surface area contributed by atoms with Gasteiger partial charge < -0.3 is 9.47 Å². The average molecular weight is 366 g/mol. The Morgan fingerprint density at radius 1 is 0.963 bits per heavy atom. The van der Waals surface area contributed by atoms with Crippen molar-refractivity contribution in [3.8, 4) is 5.75 Å². The van der Waals surface area contributed by atoms with Gasteiger partial charge >= 0.3 is 0 Å². The van der Waals surface area contributed by atoms with Gasteiger partial charge in [0.1, 0.15) is 5.75 Å². The van der Waals surface area contributed by atoms with Crippen LogP contribution in [0.3, 0.4) is 0 Å². The van der Waals surface area contributed by atoms with E-state index in [0.717, 1.165) is 24.8 Å². The number of ether oxygens (including phenoxy) is 2. The van der Waals surface area contributed by atoms with Gasteiger partial charge in [-0.15, -0.1) is 0 Å². The number of hydrogen-bond acceptors (Lipinski definition) is 3. The molecule has 27 heavy (non-hydrogen) atoms. The van der Waals surface area contributed by atoms with Crippen molar-refractivity contribution < 1.29 is 9.47 Å². The average Bonchev–Trinajstić information content (AvgIpc) is 3.18. The number of methoxy groups -OCH3 is 1. The van der Waals surface area contributed by atoms with E-state index in [-0.39, 0.29) is 0 Å². The van der Waals surface area contributed by atoms with Crippen LogP contribution in [0.4, 0.5) is 0 Å². The van der Waals surface area contributed by atoms with Crippen LogP contribution in [-0.4, -0.2) is 31.7 Å². The molecule has 1 aliphatic heterocycles. The Labute approximate surface area is 163 Å². The Hall–Kier alpha value is -1.84. The van der Waals surface area contributed by atoms with Crippen LogP contribution in [0, 0.1) is 5.92 Å². The van der Waals surface area contributed by atoms with E-state index in [4.69, 9.17) is 9.47 Å². The molecule has 4 rings (SSSR count). The molecule has 1 saturated carbocycles. The molecule has 1 aliphatic carbocycles. The summed E-state index contributed by atoms with van der Waals surface area (Å²) >= 11 is 0. The lowest BCUT2D eigenvalue weighted by molar-refractivity contribution is 0.0507. The van der Waals surface area contributed by atoms with Gasteiger partial charge in [-0.2, -0.15) is 0 Å². The van der Waals surface area contributed by atoms with Gasteiger partial charge in [-0.25, -0.2) is 0 Å². The summed E-state index contributed by atoms with van der Waals surface area (Å²) in [7, 11) is 1.70. The summed E-state index contributed by atoms with van der Waals surface area (Å²) in [4.78, 5) is 2.56. The van der Waals surface area contributed by atoms with Crippen molar-refractivity contribution in [2.24, 2.45) is 5.92 Å². The molecule has 144 valence electrons. The third kappa shape index (κ3) is 4.91. The molecular weight excluding hydrogens is 334 g/mol. The molecule has 2 aromatic carbocycles. The normalized spacial score (nSPS) is 22.6. The molecule has 0 radical (unpaired) electrons. The molecule has 3 heteroatoms. The highest BCUT2D eigenvalue weighted by Crippen LogP contribution is 2.41. The molecule has 3 nitrogen and oxygen atoms in total. The van der Waals surface area contributed by atoms with Crippen LogP contribution in [-0.2, 0) is 17.9 Å². The molecule has 0 atom stereocenters. The molecule has 0 bridgehead atoms. The summed E-state index contributed by atoms with van der Waals surface area (Å²) in [6.45, 7) is 5.18. The Bertz CT molecular complexity index is 715. The van der Waals surface area contributed by atoms with Crippen LogP contribution in [0.5, 0.6) is 5.75 Å². The largest absolute Gasteiger partial charge is 0.497 e. The van der Waals surface area contributed by atoms with E-state index in [2.05, 4.69) is 35.2 Å². The second-order valence-corrected chi connectivity index (χ2v) is 8.13. The molecule has 0 spiro atoms. The minimum absolute atomic E-state index is 0.670. The van der Waals surface area contributed by atoms with Gasteiger partial charge in [0.25, 0.3) is 0 Å². The van der Waals surface area contributed by atoms with Gasteiger partial charge in [0, 0.05) is 13.2 Å². The maximum atomic E-state index is 5.94. The van der Waals surface area contributed by atoms with E-state index in [9.17, 15) is 0 Å². The fourth-order valence-electron chi connectivity index (χ4n) is 4.34. The fourth-order valence-corrected chi connectivity index (χ4v) is 4.34. The number of nitrogens with zero attached hydrogens (tertiary/aromatic N) is 1. The highest BCUT2D eigenvalue weighted by atomic mass is 16.5. The Kier molecular flexibility index (Phi) is 6.10. The van der Waals surface area contributed by atoms with Crippen LogP contribution in [0.15, 0.2) is 48.5 Å². The Morgan fingerprint density at radius 2 is 1.74 bits per heavy atom. The molecule has 0 aromatic heterocycles. The highest BCUT2D eigenvalue weighted by Gasteiger charge is 2.30. The maximum absolute atomic E-state index is 5.94. The lowest BCUT2D eigenvalue weighted by Crippen LogP contribution is -2.26. The fraction of sp³-hybridized carbons (Fsp3) is 0.500. The van der Waals surface area contributed by atoms with Crippen molar-refractivity contribution in [1.29, 1.82) is 0 Å². The van der Waals surface area contributed by atoms with Gasteiger partial charge in [0.2, 0.25) is 0 Å². The zero-order valence-corrected chi connectivity index (χ0v) is 16.4. The first-order valence-corrected chi connectivity index (χ1v) is 10.3. The first-order valence-electron chi connectivity index (χ1n) is 10.3. The zero-order chi connectivity index (χ0) is 18.5. The minimum Gasteiger partial charge on any atom is -0.497 e. The van der Waals surface area contributed by atoms with Crippen LogP contribution in [0.1, 0.15) is 48.3 Å². The second kappa shape index (κ2) is 8.90.